The summed E-state index contributed by atoms with van der Waals surface area (Å²) in [5, 5.41) is 5.49. The molecule has 3 heterocycles. The van der Waals surface area contributed by atoms with Crippen molar-refractivity contribution in [1.82, 2.24) is 14.7 Å². The number of benzene rings is 1. The van der Waals surface area contributed by atoms with E-state index >= 15 is 0 Å². The Labute approximate surface area is 129 Å². The van der Waals surface area contributed by atoms with Gasteiger partial charge in [-0.1, -0.05) is 34.1 Å². The minimum atomic E-state index is 0.171. The fourth-order valence-electron chi connectivity index (χ4n) is 2.94. The van der Waals surface area contributed by atoms with Crippen LogP contribution in [0.5, 0.6) is 0 Å². The zero-order chi connectivity index (χ0) is 13.6. The van der Waals surface area contributed by atoms with Crippen molar-refractivity contribution in [3.05, 3.63) is 57.8 Å². The summed E-state index contributed by atoms with van der Waals surface area (Å²) in [5.41, 5.74) is 2.73. The molecule has 0 atom stereocenters. The summed E-state index contributed by atoms with van der Waals surface area (Å²) in [4.78, 5) is 5.81. The Morgan fingerprint density at radius 3 is 2.90 bits per heavy atom. The number of nitrogens with one attached hydrogen (secondary N) is 1. The molecule has 20 heavy (non-hydrogen) atoms. The summed E-state index contributed by atoms with van der Waals surface area (Å²) < 4.78 is 3.31. The summed E-state index contributed by atoms with van der Waals surface area (Å²) in [6.07, 6.45) is 5.21. The molecule has 4 rings (SSSR count). The van der Waals surface area contributed by atoms with Gasteiger partial charge in [-0.3, -0.25) is 4.40 Å². The van der Waals surface area contributed by atoms with E-state index in [2.05, 4.69) is 67.7 Å². The minimum absolute atomic E-state index is 0.171. The largest absolute Gasteiger partial charge is 0.315 e. The Morgan fingerprint density at radius 2 is 2.20 bits per heavy atom. The zero-order valence-corrected chi connectivity index (χ0v) is 13.2. The normalized spacial score (nSPS) is 17.2. The van der Waals surface area contributed by atoms with E-state index in [9.17, 15) is 0 Å². The van der Waals surface area contributed by atoms with Gasteiger partial charge in [0.1, 0.15) is 0 Å². The molecule has 3 aromatic rings. The van der Waals surface area contributed by atoms with E-state index in [4.69, 9.17) is 4.98 Å². The lowest BCUT2D eigenvalue weighted by Gasteiger charge is -2.43. The van der Waals surface area contributed by atoms with E-state index in [-0.39, 0.29) is 5.41 Å². The minimum Gasteiger partial charge on any atom is -0.315 e. The van der Waals surface area contributed by atoms with Crippen molar-refractivity contribution in [3.8, 4) is 0 Å². The molecule has 1 saturated heterocycles. The standard InChI is InChI=1S/C15H14BrN3S/c16-13-4-2-1-3-12(13)15(9-17-10-15)7-11-8-19-5-6-20-14(19)18-11/h1-6,8,17H,7,9-10H2. The van der Waals surface area contributed by atoms with Crippen molar-refractivity contribution in [2.24, 2.45) is 0 Å². The van der Waals surface area contributed by atoms with Crippen molar-refractivity contribution in [2.45, 2.75) is 11.8 Å². The second-order valence-electron chi connectivity index (χ2n) is 5.37. The summed E-state index contributed by atoms with van der Waals surface area (Å²) in [6.45, 7) is 2.03. The first-order chi connectivity index (χ1) is 9.77. The molecule has 1 N–H and O–H groups in total. The predicted molar refractivity (Wildman–Crippen MR) is 85.5 cm³/mol. The SMILES string of the molecule is Brc1ccccc1C1(Cc2cn3ccsc3n2)CNC1. The van der Waals surface area contributed by atoms with Gasteiger partial charge in [0.05, 0.1) is 5.69 Å². The van der Waals surface area contributed by atoms with Crippen molar-refractivity contribution >= 4 is 32.2 Å². The van der Waals surface area contributed by atoms with E-state index in [1.807, 2.05) is 0 Å². The number of imidazole rings is 1. The number of fused-ring (bicyclic) bond motifs is 1. The first-order valence-corrected chi connectivity index (χ1v) is 8.31. The van der Waals surface area contributed by atoms with E-state index in [1.54, 1.807) is 11.3 Å². The van der Waals surface area contributed by atoms with Crippen LogP contribution in [0, 0.1) is 0 Å². The number of hydrogen-bond donors (Lipinski definition) is 1. The van der Waals surface area contributed by atoms with Crippen LogP contribution in [0.2, 0.25) is 0 Å². The second kappa shape index (κ2) is 4.69. The highest BCUT2D eigenvalue weighted by Gasteiger charge is 2.40. The molecule has 1 fully saturated rings. The first kappa shape index (κ1) is 12.6. The highest BCUT2D eigenvalue weighted by Crippen LogP contribution is 2.36. The Kier molecular flexibility index (Phi) is 2.94. The maximum Gasteiger partial charge on any atom is 0.193 e. The molecule has 0 spiro atoms. The number of thiazole rings is 1. The molecular formula is C15H14BrN3S. The molecule has 102 valence electrons. The van der Waals surface area contributed by atoms with Gasteiger partial charge in [-0.2, -0.15) is 0 Å². The van der Waals surface area contributed by atoms with Gasteiger partial charge in [-0.05, 0) is 11.6 Å². The van der Waals surface area contributed by atoms with Crippen LogP contribution < -0.4 is 5.32 Å². The van der Waals surface area contributed by atoms with Gasteiger partial charge >= 0.3 is 0 Å². The lowest BCUT2D eigenvalue weighted by atomic mass is 9.72. The lowest BCUT2D eigenvalue weighted by molar-refractivity contribution is 0.272. The topological polar surface area (TPSA) is 29.3 Å². The molecule has 1 aliphatic rings. The fourth-order valence-corrected chi connectivity index (χ4v) is 4.36. The summed E-state index contributed by atoms with van der Waals surface area (Å²) in [7, 11) is 0. The quantitative estimate of drug-likeness (QED) is 0.787. The number of aromatic nitrogens is 2. The van der Waals surface area contributed by atoms with Gasteiger partial charge in [-0.15, -0.1) is 11.3 Å². The molecule has 0 saturated carbocycles. The van der Waals surface area contributed by atoms with Crippen LogP contribution in [0.25, 0.3) is 4.96 Å². The van der Waals surface area contributed by atoms with Crippen LogP contribution in [0.1, 0.15) is 11.3 Å². The van der Waals surface area contributed by atoms with Gasteiger partial charge in [0.25, 0.3) is 0 Å². The van der Waals surface area contributed by atoms with E-state index < -0.39 is 0 Å². The third kappa shape index (κ3) is 1.92. The Bertz CT molecular complexity index is 729. The van der Waals surface area contributed by atoms with Crippen LogP contribution in [0.3, 0.4) is 0 Å². The van der Waals surface area contributed by atoms with Crippen LogP contribution in [0.4, 0.5) is 0 Å². The summed E-state index contributed by atoms with van der Waals surface area (Å²) >= 11 is 5.38. The van der Waals surface area contributed by atoms with Crippen molar-refractivity contribution in [2.75, 3.05) is 13.1 Å². The molecule has 0 unspecified atom stereocenters. The van der Waals surface area contributed by atoms with Gasteiger partial charge < -0.3 is 5.32 Å². The zero-order valence-electron chi connectivity index (χ0n) is 10.8. The van der Waals surface area contributed by atoms with Crippen LogP contribution >= 0.6 is 27.3 Å². The Hall–Kier alpha value is -1.17. The number of nitrogens with zero attached hydrogens (tertiary/aromatic N) is 2. The number of hydrogen-bond acceptors (Lipinski definition) is 3. The molecule has 1 aliphatic heterocycles. The molecule has 2 aromatic heterocycles. The smallest absolute Gasteiger partial charge is 0.193 e. The third-order valence-corrected chi connectivity index (χ3v) is 5.50. The van der Waals surface area contributed by atoms with Gasteiger partial charge in [0, 0.05) is 47.2 Å². The molecular weight excluding hydrogens is 334 g/mol. The average molecular weight is 348 g/mol. The van der Waals surface area contributed by atoms with Gasteiger partial charge in [0.2, 0.25) is 0 Å². The molecule has 0 aliphatic carbocycles. The summed E-state index contributed by atoms with van der Waals surface area (Å²) in [6, 6.07) is 8.54. The van der Waals surface area contributed by atoms with Gasteiger partial charge in [0.15, 0.2) is 4.96 Å². The predicted octanol–water partition coefficient (Wildman–Crippen LogP) is 3.24. The van der Waals surface area contributed by atoms with Crippen molar-refractivity contribution < 1.29 is 0 Å². The van der Waals surface area contributed by atoms with Crippen LogP contribution in [-0.4, -0.2) is 22.5 Å². The summed E-state index contributed by atoms with van der Waals surface area (Å²) in [5.74, 6) is 0. The average Bonchev–Trinajstić information content (AvgIpc) is 2.95. The van der Waals surface area contributed by atoms with E-state index in [1.165, 1.54) is 15.7 Å². The van der Waals surface area contributed by atoms with E-state index in [0.717, 1.165) is 24.5 Å². The maximum atomic E-state index is 4.73. The maximum absolute atomic E-state index is 4.73. The lowest BCUT2D eigenvalue weighted by Crippen LogP contribution is -2.58. The molecule has 1 aromatic carbocycles. The first-order valence-electron chi connectivity index (χ1n) is 6.64. The molecule has 5 heteroatoms. The highest BCUT2D eigenvalue weighted by atomic mass is 79.9. The van der Waals surface area contributed by atoms with Gasteiger partial charge in [-0.25, -0.2) is 4.98 Å². The molecule has 0 amide bonds. The van der Waals surface area contributed by atoms with E-state index in [0.29, 0.717) is 0 Å². The monoisotopic (exact) mass is 347 g/mol. The number of halogens is 1. The Morgan fingerprint density at radius 1 is 1.35 bits per heavy atom. The molecule has 0 bridgehead atoms. The highest BCUT2D eigenvalue weighted by molar-refractivity contribution is 9.10. The van der Waals surface area contributed by atoms with Crippen LogP contribution in [0.15, 0.2) is 46.5 Å². The Balaban J connectivity index is 1.71. The van der Waals surface area contributed by atoms with Crippen molar-refractivity contribution in [3.63, 3.8) is 0 Å². The fraction of sp³-hybridized carbons (Fsp3) is 0.267. The number of rotatable bonds is 3. The second-order valence-corrected chi connectivity index (χ2v) is 7.09. The van der Waals surface area contributed by atoms with Crippen LogP contribution in [-0.2, 0) is 11.8 Å². The molecule has 0 radical (unpaired) electrons. The third-order valence-electron chi connectivity index (χ3n) is 4.03. The van der Waals surface area contributed by atoms with Crippen molar-refractivity contribution in [1.29, 1.82) is 0 Å². The molecule has 3 nitrogen and oxygen atoms in total.